The molecule has 0 spiro atoms. The summed E-state index contributed by atoms with van der Waals surface area (Å²) < 4.78 is 6.59. The molecule has 2 N–H and O–H groups in total. The highest BCUT2D eigenvalue weighted by atomic mass is 16.3. The lowest BCUT2D eigenvalue weighted by Gasteiger charge is -2.22. The van der Waals surface area contributed by atoms with Gasteiger partial charge in [0.05, 0.1) is 11.6 Å². The molecule has 2 aromatic heterocycles. The van der Waals surface area contributed by atoms with Crippen molar-refractivity contribution in [3.63, 3.8) is 0 Å². The first kappa shape index (κ1) is 30.3. The van der Waals surface area contributed by atoms with Gasteiger partial charge in [-0.3, -0.25) is 5.41 Å². The predicted molar refractivity (Wildman–Crippen MR) is 205 cm³/mol. The first-order valence-electron chi connectivity index (χ1n) is 17.0. The van der Waals surface area contributed by atoms with E-state index in [1.54, 1.807) is 6.20 Å². The maximum absolute atomic E-state index is 9.54. The number of pyridine rings is 1. The molecule has 0 saturated heterocycles. The maximum Gasteiger partial charge on any atom is 0.154 e. The van der Waals surface area contributed by atoms with Crippen LogP contribution in [-0.4, -0.2) is 10.8 Å². The summed E-state index contributed by atoms with van der Waals surface area (Å²) in [6, 6.07) is 50.0. The predicted octanol–water partition coefficient (Wildman–Crippen LogP) is 11.0. The van der Waals surface area contributed by atoms with Gasteiger partial charge in [-0.15, -0.1) is 0 Å². The quantitative estimate of drug-likeness (QED) is 0.146. The summed E-state index contributed by atoms with van der Waals surface area (Å²) in [6.45, 7) is 4.48. The largest absolute Gasteiger partial charge is 0.455 e. The number of rotatable bonds is 4. The van der Waals surface area contributed by atoms with Gasteiger partial charge < -0.3 is 9.40 Å². The Morgan fingerprint density at radius 1 is 0.647 bits per heavy atom. The molecule has 1 aliphatic carbocycles. The molecule has 0 fully saturated rings. The number of H-pyrrole nitrogens is 1. The fourth-order valence-electron chi connectivity index (χ4n) is 7.52. The number of para-hydroxylation sites is 1. The van der Waals surface area contributed by atoms with Crippen molar-refractivity contribution in [1.29, 1.82) is 10.7 Å². The number of nitrogens with zero attached hydrogens (tertiary/aromatic N) is 2. The number of hydrogen-bond donors (Lipinski definition) is 2. The third-order valence-corrected chi connectivity index (χ3v) is 10.2. The SMILES string of the molecule is CC1(C)c2cc(C#N)ccc2-c2ccc(-c3cccc4c3oc3ccc(-c5cccc(-c6ccc(C(=N)N=c7cccc[nH]7)cc6)c5)cc34)cc21. The Labute approximate surface area is 295 Å². The van der Waals surface area contributed by atoms with Crippen LogP contribution in [-0.2, 0) is 5.41 Å². The van der Waals surface area contributed by atoms with Gasteiger partial charge in [-0.25, -0.2) is 4.99 Å². The number of hydrogen-bond acceptors (Lipinski definition) is 3. The van der Waals surface area contributed by atoms with Gasteiger partial charge in [-0.2, -0.15) is 5.26 Å². The Balaban J connectivity index is 1.05. The number of amidine groups is 1. The number of fused-ring (bicyclic) bond motifs is 6. The van der Waals surface area contributed by atoms with Crippen LogP contribution in [0.5, 0.6) is 0 Å². The summed E-state index contributed by atoms with van der Waals surface area (Å²) in [6.07, 6.45) is 1.80. The second kappa shape index (κ2) is 11.7. The van der Waals surface area contributed by atoms with Gasteiger partial charge in [0, 0.05) is 33.5 Å². The highest BCUT2D eigenvalue weighted by Gasteiger charge is 2.36. The van der Waals surface area contributed by atoms with Crippen LogP contribution >= 0.6 is 0 Å². The van der Waals surface area contributed by atoms with Crippen LogP contribution < -0.4 is 5.49 Å². The van der Waals surface area contributed by atoms with Crippen molar-refractivity contribution in [2.45, 2.75) is 19.3 Å². The average molecular weight is 657 g/mol. The second-order valence-electron chi connectivity index (χ2n) is 13.6. The molecule has 0 amide bonds. The zero-order valence-electron chi connectivity index (χ0n) is 28.2. The van der Waals surface area contributed by atoms with Crippen LogP contribution in [0.3, 0.4) is 0 Å². The van der Waals surface area contributed by atoms with E-state index in [0.29, 0.717) is 11.1 Å². The molecule has 9 rings (SSSR count). The van der Waals surface area contributed by atoms with Gasteiger partial charge in [0.25, 0.3) is 0 Å². The molecule has 1 aliphatic rings. The van der Waals surface area contributed by atoms with Gasteiger partial charge in [-0.1, -0.05) is 105 Å². The molecule has 51 heavy (non-hydrogen) atoms. The number of aromatic amines is 1. The minimum atomic E-state index is -0.221. The van der Waals surface area contributed by atoms with Gasteiger partial charge >= 0.3 is 0 Å². The fourth-order valence-corrected chi connectivity index (χ4v) is 7.52. The van der Waals surface area contributed by atoms with Crippen LogP contribution in [0.25, 0.3) is 66.4 Å². The van der Waals surface area contributed by atoms with Gasteiger partial charge in [0.1, 0.15) is 16.7 Å². The molecule has 6 aromatic carbocycles. The van der Waals surface area contributed by atoms with Crippen LogP contribution in [0.15, 0.2) is 155 Å². The van der Waals surface area contributed by atoms with E-state index >= 15 is 0 Å². The van der Waals surface area contributed by atoms with Crippen molar-refractivity contribution >= 4 is 27.8 Å². The highest BCUT2D eigenvalue weighted by molar-refractivity contribution is 6.10. The molecule has 5 heteroatoms. The maximum atomic E-state index is 9.54. The average Bonchev–Trinajstić information content (AvgIpc) is 3.66. The van der Waals surface area contributed by atoms with Crippen molar-refractivity contribution in [1.82, 2.24) is 4.98 Å². The standard InChI is InChI=1S/C46H32N4O/c1-46(2)40-23-28(27-47)12-19-36(40)37-20-17-34(26-41(37)46)35-9-6-10-38-39-25-33(18-21-42(39)51-44(35)38)32-8-5-7-31(24-32)29-13-15-30(16-14-29)45(48)50-43-11-3-4-22-49-43/h3-26H,1-2H3,(H2,48,49,50). The van der Waals surface area contributed by atoms with E-state index in [1.807, 2.05) is 54.6 Å². The molecule has 0 saturated carbocycles. The molecule has 5 nitrogen and oxygen atoms in total. The number of nitrogens with one attached hydrogen (secondary N) is 2. The van der Waals surface area contributed by atoms with E-state index in [2.05, 4.69) is 115 Å². The summed E-state index contributed by atoms with van der Waals surface area (Å²) in [4.78, 5) is 7.45. The van der Waals surface area contributed by atoms with E-state index in [9.17, 15) is 5.26 Å². The Hall–Kier alpha value is -6.77. The summed E-state index contributed by atoms with van der Waals surface area (Å²) in [7, 11) is 0. The Morgan fingerprint density at radius 3 is 2.14 bits per heavy atom. The smallest absolute Gasteiger partial charge is 0.154 e. The zero-order chi connectivity index (χ0) is 34.7. The molecular weight excluding hydrogens is 625 g/mol. The lowest BCUT2D eigenvalue weighted by molar-refractivity contribution is 0.660. The van der Waals surface area contributed by atoms with E-state index in [1.165, 1.54) is 22.3 Å². The summed E-state index contributed by atoms with van der Waals surface area (Å²) >= 11 is 0. The minimum Gasteiger partial charge on any atom is -0.455 e. The summed E-state index contributed by atoms with van der Waals surface area (Å²) in [5, 5.41) is 20.1. The minimum absolute atomic E-state index is 0.210. The first-order valence-corrected chi connectivity index (χ1v) is 17.0. The second-order valence-corrected chi connectivity index (χ2v) is 13.6. The molecule has 2 heterocycles. The van der Waals surface area contributed by atoms with Crippen LogP contribution in [0.4, 0.5) is 0 Å². The van der Waals surface area contributed by atoms with Crippen LogP contribution in [0, 0.1) is 16.7 Å². The number of nitriles is 1. The van der Waals surface area contributed by atoms with Gasteiger partial charge in [0.2, 0.25) is 0 Å². The van der Waals surface area contributed by atoms with E-state index in [4.69, 9.17) is 9.83 Å². The Morgan fingerprint density at radius 2 is 1.35 bits per heavy atom. The van der Waals surface area contributed by atoms with Crippen molar-refractivity contribution in [2.24, 2.45) is 4.99 Å². The third kappa shape index (κ3) is 5.08. The summed E-state index contributed by atoms with van der Waals surface area (Å²) in [5.74, 6) is 0.210. The fraction of sp³-hybridized carbons (Fsp3) is 0.0652. The number of benzene rings is 6. The molecule has 0 unspecified atom stereocenters. The van der Waals surface area contributed by atoms with E-state index in [0.717, 1.165) is 60.9 Å². The normalized spacial score (nSPS) is 13.2. The Kier molecular flexibility index (Phi) is 6.94. The van der Waals surface area contributed by atoms with Crippen LogP contribution in [0.2, 0.25) is 0 Å². The first-order chi connectivity index (χ1) is 24.9. The van der Waals surface area contributed by atoms with Crippen molar-refractivity contribution < 1.29 is 4.42 Å². The van der Waals surface area contributed by atoms with E-state index < -0.39 is 0 Å². The van der Waals surface area contributed by atoms with Gasteiger partial charge in [-0.05, 0) is 98.6 Å². The van der Waals surface area contributed by atoms with Crippen molar-refractivity contribution in [3.8, 4) is 50.6 Å². The molecule has 8 aromatic rings. The molecule has 0 aliphatic heterocycles. The molecule has 242 valence electrons. The topological polar surface area (TPSA) is 88.9 Å². The molecular formula is C46H32N4O. The summed E-state index contributed by atoms with van der Waals surface area (Å²) in [5.41, 5.74) is 15.1. The zero-order valence-corrected chi connectivity index (χ0v) is 28.2. The lowest BCUT2D eigenvalue weighted by atomic mass is 9.81. The van der Waals surface area contributed by atoms with Crippen molar-refractivity contribution in [2.75, 3.05) is 0 Å². The van der Waals surface area contributed by atoms with E-state index in [-0.39, 0.29) is 11.3 Å². The van der Waals surface area contributed by atoms with Crippen LogP contribution in [0.1, 0.15) is 36.1 Å². The van der Waals surface area contributed by atoms with Crippen molar-refractivity contribution in [3.05, 3.63) is 173 Å². The number of aromatic nitrogens is 1. The molecule has 0 atom stereocenters. The molecule has 0 radical (unpaired) electrons. The lowest BCUT2D eigenvalue weighted by Crippen LogP contribution is -2.15. The van der Waals surface area contributed by atoms with Gasteiger partial charge in [0.15, 0.2) is 5.84 Å². The Bertz CT molecular complexity index is 2790. The molecule has 0 bridgehead atoms. The highest BCUT2D eigenvalue weighted by Crippen LogP contribution is 2.50. The third-order valence-electron chi connectivity index (χ3n) is 10.2. The number of furan rings is 1. The monoisotopic (exact) mass is 656 g/mol.